The molecule has 1 aliphatic carbocycles. The first-order valence-corrected chi connectivity index (χ1v) is 7.72. The monoisotopic (exact) mass is 272 g/mol. The van der Waals surface area contributed by atoms with Gasteiger partial charge in [-0.2, -0.15) is 0 Å². The third-order valence-electron chi connectivity index (χ3n) is 5.01. The summed E-state index contributed by atoms with van der Waals surface area (Å²) in [5.41, 5.74) is 8.64. The lowest BCUT2D eigenvalue weighted by atomic mass is 9.98. The smallest absolute Gasteiger partial charge is 0.222 e. The Balaban J connectivity index is 1.52. The number of carbonyl (C=O) groups is 1. The van der Waals surface area contributed by atoms with Crippen LogP contribution in [-0.2, 0) is 11.2 Å². The van der Waals surface area contributed by atoms with E-state index in [9.17, 15) is 4.79 Å². The molecule has 0 radical (unpaired) electrons. The van der Waals surface area contributed by atoms with Gasteiger partial charge in [-0.05, 0) is 43.6 Å². The Morgan fingerprint density at radius 2 is 2.00 bits per heavy atom. The fraction of sp³-hybridized carbons (Fsp3) is 0.588. The number of benzene rings is 1. The van der Waals surface area contributed by atoms with Gasteiger partial charge in [-0.3, -0.25) is 4.79 Å². The van der Waals surface area contributed by atoms with Crippen LogP contribution in [0.3, 0.4) is 0 Å². The lowest BCUT2D eigenvalue weighted by Gasteiger charge is -2.18. The van der Waals surface area contributed by atoms with Crippen LogP contribution in [0, 0.1) is 18.8 Å². The predicted molar refractivity (Wildman–Crippen MR) is 80.3 cm³/mol. The Kier molecular flexibility index (Phi) is 3.79. The summed E-state index contributed by atoms with van der Waals surface area (Å²) in [6, 6.07) is 8.78. The zero-order chi connectivity index (χ0) is 14.1. The number of nitrogens with zero attached hydrogens (tertiary/aromatic N) is 1. The SMILES string of the molecule is Cc1ccc(CCC(=O)N2CC3CCC(N)C3C2)cc1. The highest BCUT2D eigenvalue weighted by Gasteiger charge is 2.42. The maximum absolute atomic E-state index is 12.3. The van der Waals surface area contributed by atoms with Crippen molar-refractivity contribution in [3.63, 3.8) is 0 Å². The molecule has 2 N–H and O–H groups in total. The molecule has 2 aliphatic rings. The second kappa shape index (κ2) is 5.57. The van der Waals surface area contributed by atoms with Gasteiger partial charge in [-0.25, -0.2) is 0 Å². The molecule has 108 valence electrons. The zero-order valence-electron chi connectivity index (χ0n) is 12.2. The number of hydrogen-bond donors (Lipinski definition) is 1. The van der Waals surface area contributed by atoms with Gasteiger partial charge in [-0.1, -0.05) is 29.8 Å². The molecule has 1 saturated heterocycles. The Bertz CT molecular complexity index is 482. The number of fused-ring (bicyclic) bond motifs is 1. The van der Waals surface area contributed by atoms with Gasteiger partial charge >= 0.3 is 0 Å². The lowest BCUT2D eigenvalue weighted by molar-refractivity contribution is -0.130. The number of hydrogen-bond acceptors (Lipinski definition) is 2. The van der Waals surface area contributed by atoms with Crippen molar-refractivity contribution < 1.29 is 4.79 Å². The molecule has 0 spiro atoms. The molecular weight excluding hydrogens is 248 g/mol. The van der Waals surface area contributed by atoms with Gasteiger partial charge in [0.25, 0.3) is 0 Å². The summed E-state index contributed by atoms with van der Waals surface area (Å²) in [7, 11) is 0. The first kappa shape index (κ1) is 13.6. The molecule has 0 bridgehead atoms. The number of rotatable bonds is 3. The minimum Gasteiger partial charge on any atom is -0.342 e. The molecule has 1 heterocycles. The molecule has 3 unspecified atom stereocenters. The molecule has 3 rings (SSSR count). The van der Waals surface area contributed by atoms with Crippen molar-refractivity contribution in [2.24, 2.45) is 17.6 Å². The van der Waals surface area contributed by atoms with Crippen LogP contribution in [-0.4, -0.2) is 29.9 Å². The summed E-state index contributed by atoms with van der Waals surface area (Å²) in [5.74, 6) is 1.51. The third kappa shape index (κ3) is 2.73. The average molecular weight is 272 g/mol. The van der Waals surface area contributed by atoms with Crippen LogP contribution in [0.15, 0.2) is 24.3 Å². The number of amides is 1. The van der Waals surface area contributed by atoms with E-state index in [1.54, 1.807) is 0 Å². The third-order valence-corrected chi connectivity index (χ3v) is 5.01. The highest BCUT2D eigenvalue weighted by atomic mass is 16.2. The van der Waals surface area contributed by atoms with Gasteiger partial charge in [0.2, 0.25) is 5.91 Å². The number of carbonyl (C=O) groups excluding carboxylic acids is 1. The summed E-state index contributed by atoms with van der Waals surface area (Å²) in [6.07, 6.45) is 3.81. The van der Waals surface area contributed by atoms with E-state index < -0.39 is 0 Å². The normalized spacial score (nSPS) is 28.7. The summed E-state index contributed by atoms with van der Waals surface area (Å²) in [4.78, 5) is 14.4. The Hall–Kier alpha value is -1.35. The van der Waals surface area contributed by atoms with Crippen molar-refractivity contribution in [1.82, 2.24) is 4.90 Å². The lowest BCUT2D eigenvalue weighted by Crippen LogP contribution is -2.33. The molecule has 2 fully saturated rings. The first-order chi connectivity index (χ1) is 9.63. The van der Waals surface area contributed by atoms with Crippen LogP contribution in [0.5, 0.6) is 0 Å². The van der Waals surface area contributed by atoms with Gasteiger partial charge in [0.05, 0.1) is 0 Å². The van der Waals surface area contributed by atoms with Gasteiger partial charge in [-0.15, -0.1) is 0 Å². The van der Waals surface area contributed by atoms with E-state index in [1.165, 1.54) is 17.5 Å². The van der Waals surface area contributed by atoms with Crippen molar-refractivity contribution in [3.05, 3.63) is 35.4 Å². The van der Waals surface area contributed by atoms with Gasteiger partial charge in [0.15, 0.2) is 0 Å². The molecule has 20 heavy (non-hydrogen) atoms. The molecule has 1 aromatic carbocycles. The first-order valence-electron chi connectivity index (χ1n) is 7.72. The Morgan fingerprint density at radius 1 is 1.25 bits per heavy atom. The Morgan fingerprint density at radius 3 is 2.70 bits per heavy atom. The molecular formula is C17H24N2O. The van der Waals surface area contributed by atoms with Crippen molar-refractivity contribution in [3.8, 4) is 0 Å². The van der Waals surface area contributed by atoms with Crippen LogP contribution in [0.25, 0.3) is 0 Å². The second-order valence-corrected chi connectivity index (χ2v) is 6.45. The van der Waals surface area contributed by atoms with E-state index in [1.807, 2.05) is 4.90 Å². The van der Waals surface area contributed by atoms with Crippen molar-refractivity contribution in [2.45, 2.75) is 38.6 Å². The molecule has 1 saturated carbocycles. The van der Waals surface area contributed by atoms with Gasteiger partial charge in [0, 0.05) is 25.6 Å². The number of nitrogens with two attached hydrogens (primary N) is 1. The predicted octanol–water partition coefficient (Wildman–Crippen LogP) is 2.12. The maximum Gasteiger partial charge on any atom is 0.222 e. The number of likely N-dealkylation sites (tertiary alicyclic amines) is 1. The summed E-state index contributed by atoms with van der Waals surface area (Å²) < 4.78 is 0. The fourth-order valence-electron chi connectivity index (χ4n) is 3.68. The van der Waals surface area contributed by atoms with Crippen molar-refractivity contribution in [2.75, 3.05) is 13.1 Å². The largest absolute Gasteiger partial charge is 0.342 e. The second-order valence-electron chi connectivity index (χ2n) is 6.45. The summed E-state index contributed by atoms with van der Waals surface area (Å²) in [6.45, 7) is 3.91. The van der Waals surface area contributed by atoms with Crippen molar-refractivity contribution in [1.29, 1.82) is 0 Å². The minimum atomic E-state index is 0.298. The molecule has 1 aliphatic heterocycles. The highest BCUT2D eigenvalue weighted by Crippen LogP contribution is 2.37. The fourth-order valence-corrected chi connectivity index (χ4v) is 3.68. The molecule has 3 atom stereocenters. The standard InChI is InChI=1S/C17H24N2O/c1-12-2-4-13(5-3-12)6-9-17(20)19-10-14-7-8-16(18)15(14)11-19/h2-5,14-16H,6-11,18H2,1H3. The van der Waals surface area contributed by atoms with E-state index in [0.29, 0.717) is 30.2 Å². The highest BCUT2D eigenvalue weighted by molar-refractivity contribution is 5.76. The minimum absolute atomic E-state index is 0.298. The number of aryl methyl sites for hydroxylation is 2. The van der Waals surface area contributed by atoms with Crippen LogP contribution in [0.1, 0.15) is 30.4 Å². The zero-order valence-corrected chi connectivity index (χ0v) is 12.2. The molecule has 1 aromatic rings. The van der Waals surface area contributed by atoms with Gasteiger partial charge < -0.3 is 10.6 Å². The van der Waals surface area contributed by atoms with E-state index in [4.69, 9.17) is 5.73 Å². The molecule has 1 amide bonds. The van der Waals surface area contributed by atoms with Crippen LogP contribution in [0.4, 0.5) is 0 Å². The van der Waals surface area contributed by atoms with Gasteiger partial charge in [0.1, 0.15) is 0 Å². The summed E-state index contributed by atoms with van der Waals surface area (Å²) in [5, 5.41) is 0. The van der Waals surface area contributed by atoms with E-state index in [-0.39, 0.29) is 0 Å². The molecule has 3 heteroatoms. The quantitative estimate of drug-likeness (QED) is 0.916. The molecule has 0 aromatic heterocycles. The Labute approximate surface area is 121 Å². The van der Waals surface area contributed by atoms with Crippen LogP contribution in [0.2, 0.25) is 0 Å². The van der Waals surface area contributed by atoms with Crippen molar-refractivity contribution >= 4 is 5.91 Å². The topological polar surface area (TPSA) is 46.3 Å². The average Bonchev–Trinajstić information content (AvgIpc) is 3.01. The van der Waals surface area contributed by atoms with E-state index in [0.717, 1.165) is 25.9 Å². The van der Waals surface area contributed by atoms with Crippen LogP contribution < -0.4 is 5.73 Å². The van der Waals surface area contributed by atoms with E-state index in [2.05, 4.69) is 31.2 Å². The summed E-state index contributed by atoms with van der Waals surface area (Å²) >= 11 is 0. The van der Waals surface area contributed by atoms with Crippen LogP contribution >= 0.6 is 0 Å². The maximum atomic E-state index is 12.3. The molecule has 3 nitrogen and oxygen atoms in total. The van der Waals surface area contributed by atoms with E-state index >= 15 is 0 Å².